The largest absolute Gasteiger partial charge is 0.361 e. The summed E-state index contributed by atoms with van der Waals surface area (Å²) in [6, 6.07) is 12.8. The van der Waals surface area contributed by atoms with Crippen LogP contribution in [0.4, 0.5) is 11.4 Å². The molecule has 0 unspecified atom stereocenters. The smallest absolute Gasteiger partial charge is 0.0560 e. The van der Waals surface area contributed by atoms with Crippen LogP contribution >= 0.6 is 0 Å². The molecular weight excluding hydrogens is 296 g/mol. The second-order valence-electron chi connectivity index (χ2n) is 6.11. The van der Waals surface area contributed by atoms with Gasteiger partial charge in [-0.05, 0) is 48.2 Å². The number of aromatic nitrogens is 2. The minimum absolute atomic E-state index is 1.04. The standard InChI is InChI=1S/C20H22N4/c1-3-13-11-21-19-9-15(5-7-17(13)19)23-24-16-6-8-18-14(4-2)12-22-20(18)10-16/h5-12,21-24H,3-4H2,1-2H3. The number of H-pyrrole nitrogens is 2. The highest BCUT2D eigenvalue weighted by Gasteiger charge is 2.04. The number of benzene rings is 2. The Morgan fingerprint density at radius 1 is 0.708 bits per heavy atom. The summed E-state index contributed by atoms with van der Waals surface area (Å²) in [7, 11) is 0. The minimum atomic E-state index is 1.04. The molecule has 0 saturated carbocycles. The first kappa shape index (κ1) is 14.7. The maximum absolute atomic E-state index is 3.34. The summed E-state index contributed by atoms with van der Waals surface area (Å²) < 4.78 is 0. The first-order chi connectivity index (χ1) is 11.8. The van der Waals surface area contributed by atoms with Crippen LogP contribution in [0, 0.1) is 0 Å². The van der Waals surface area contributed by atoms with E-state index >= 15 is 0 Å². The summed E-state index contributed by atoms with van der Waals surface area (Å²) in [5, 5.41) is 2.59. The van der Waals surface area contributed by atoms with Gasteiger partial charge in [-0.2, -0.15) is 0 Å². The Morgan fingerprint density at radius 3 is 1.58 bits per heavy atom. The maximum Gasteiger partial charge on any atom is 0.0560 e. The van der Waals surface area contributed by atoms with Gasteiger partial charge in [-0.3, -0.25) is 0 Å². The molecule has 4 heteroatoms. The summed E-state index contributed by atoms with van der Waals surface area (Å²) in [4.78, 5) is 6.68. The normalized spacial score (nSPS) is 11.2. The van der Waals surface area contributed by atoms with Crippen LogP contribution in [-0.4, -0.2) is 9.97 Å². The van der Waals surface area contributed by atoms with Crippen molar-refractivity contribution in [2.24, 2.45) is 0 Å². The van der Waals surface area contributed by atoms with Gasteiger partial charge < -0.3 is 20.8 Å². The molecule has 0 spiro atoms. The van der Waals surface area contributed by atoms with Crippen molar-refractivity contribution in [1.29, 1.82) is 0 Å². The number of hydrazine groups is 1. The monoisotopic (exact) mass is 318 g/mol. The molecular formula is C20H22N4. The minimum Gasteiger partial charge on any atom is -0.361 e. The van der Waals surface area contributed by atoms with Crippen molar-refractivity contribution in [2.45, 2.75) is 26.7 Å². The number of nitrogens with one attached hydrogen (secondary N) is 4. The lowest BCUT2D eigenvalue weighted by Gasteiger charge is -2.10. The van der Waals surface area contributed by atoms with E-state index in [2.05, 4.69) is 83.5 Å². The molecule has 2 heterocycles. The number of hydrogen-bond acceptors (Lipinski definition) is 2. The first-order valence-corrected chi connectivity index (χ1v) is 8.50. The first-order valence-electron chi connectivity index (χ1n) is 8.50. The molecule has 4 nitrogen and oxygen atoms in total. The molecule has 24 heavy (non-hydrogen) atoms. The van der Waals surface area contributed by atoms with E-state index in [9.17, 15) is 0 Å². The van der Waals surface area contributed by atoms with Crippen LogP contribution in [0.3, 0.4) is 0 Å². The van der Waals surface area contributed by atoms with Crippen LogP contribution in [0.25, 0.3) is 21.8 Å². The Morgan fingerprint density at radius 2 is 1.17 bits per heavy atom. The highest BCUT2D eigenvalue weighted by atomic mass is 15.4. The lowest BCUT2D eigenvalue weighted by atomic mass is 10.1. The van der Waals surface area contributed by atoms with Gasteiger partial charge >= 0.3 is 0 Å². The Kier molecular flexibility index (Phi) is 3.65. The van der Waals surface area contributed by atoms with Gasteiger partial charge in [-0.25, -0.2) is 0 Å². The van der Waals surface area contributed by atoms with Crippen molar-refractivity contribution in [3.8, 4) is 0 Å². The molecule has 0 amide bonds. The molecule has 0 aliphatic carbocycles. The predicted octanol–water partition coefficient (Wildman–Crippen LogP) is 5.21. The Labute approximate surface area is 141 Å². The number of fused-ring (bicyclic) bond motifs is 2. The summed E-state index contributed by atoms with van der Waals surface area (Å²) >= 11 is 0. The molecule has 2 aromatic heterocycles. The van der Waals surface area contributed by atoms with Crippen molar-refractivity contribution < 1.29 is 0 Å². The fraction of sp³-hybridized carbons (Fsp3) is 0.200. The van der Waals surface area contributed by atoms with E-state index in [1.807, 2.05) is 0 Å². The second kappa shape index (κ2) is 5.96. The van der Waals surface area contributed by atoms with Crippen LogP contribution in [0.15, 0.2) is 48.8 Å². The van der Waals surface area contributed by atoms with Gasteiger partial charge in [0.25, 0.3) is 0 Å². The molecule has 122 valence electrons. The van der Waals surface area contributed by atoms with Crippen molar-refractivity contribution >= 4 is 33.2 Å². The van der Waals surface area contributed by atoms with Crippen molar-refractivity contribution in [3.63, 3.8) is 0 Å². The molecule has 0 saturated heterocycles. The molecule has 0 bridgehead atoms. The Hall–Kier alpha value is -2.88. The van der Waals surface area contributed by atoms with E-state index in [4.69, 9.17) is 0 Å². The second-order valence-corrected chi connectivity index (χ2v) is 6.11. The van der Waals surface area contributed by atoms with Gasteiger partial charge in [-0.15, -0.1) is 0 Å². The van der Waals surface area contributed by atoms with Gasteiger partial charge in [0, 0.05) is 34.2 Å². The van der Waals surface area contributed by atoms with E-state index in [0.29, 0.717) is 0 Å². The van der Waals surface area contributed by atoms with Gasteiger partial charge in [0.15, 0.2) is 0 Å². The third-order valence-electron chi connectivity index (χ3n) is 4.65. The maximum atomic E-state index is 3.34. The molecule has 2 aromatic carbocycles. The van der Waals surface area contributed by atoms with E-state index in [1.54, 1.807) is 0 Å². The third-order valence-corrected chi connectivity index (χ3v) is 4.65. The zero-order valence-corrected chi connectivity index (χ0v) is 14.0. The fourth-order valence-corrected chi connectivity index (χ4v) is 3.26. The van der Waals surface area contributed by atoms with E-state index < -0.39 is 0 Å². The molecule has 0 aliphatic heterocycles. The van der Waals surface area contributed by atoms with Crippen molar-refractivity contribution in [3.05, 3.63) is 59.9 Å². The highest BCUT2D eigenvalue weighted by Crippen LogP contribution is 2.24. The molecule has 4 rings (SSSR count). The van der Waals surface area contributed by atoms with Crippen LogP contribution in [0.1, 0.15) is 25.0 Å². The van der Waals surface area contributed by atoms with E-state index in [0.717, 1.165) is 35.2 Å². The number of aryl methyl sites for hydroxylation is 2. The van der Waals surface area contributed by atoms with Gasteiger partial charge in [0.1, 0.15) is 0 Å². The van der Waals surface area contributed by atoms with Crippen LogP contribution in [-0.2, 0) is 12.8 Å². The lowest BCUT2D eigenvalue weighted by Crippen LogP contribution is -2.08. The number of rotatable bonds is 5. The van der Waals surface area contributed by atoms with Crippen molar-refractivity contribution in [1.82, 2.24) is 9.97 Å². The van der Waals surface area contributed by atoms with E-state index in [-0.39, 0.29) is 0 Å². The molecule has 4 N–H and O–H groups in total. The van der Waals surface area contributed by atoms with Crippen molar-refractivity contribution in [2.75, 3.05) is 10.9 Å². The molecule has 4 aromatic rings. The predicted molar refractivity (Wildman–Crippen MR) is 103 cm³/mol. The van der Waals surface area contributed by atoms with Gasteiger partial charge in [-0.1, -0.05) is 26.0 Å². The molecule has 0 radical (unpaired) electrons. The zero-order valence-electron chi connectivity index (χ0n) is 14.0. The number of anilines is 2. The summed E-state index contributed by atoms with van der Waals surface area (Å²) in [5.74, 6) is 0. The lowest BCUT2D eigenvalue weighted by molar-refractivity contribution is 1.15. The Balaban J connectivity index is 1.54. The van der Waals surface area contributed by atoms with Crippen LogP contribution in [0.5, 0.6) is 0 Å². The molecule has 0 atom stereocenters. The van der Waals surface area contributed by atoms with E-state index in [1.165, 1.54) is 21.9 Å². The van der Waals surface area contributed by atoms with Gasteiger partial charge in [0.05, 0.1) is 11.4 Å². The molecule has 0 aliphatic rings. The topological polar surface area (TPSA) is 55.6 Å². The fourth-order valence-electron chi connectivity index (χ4n) is 3.26. The molecule has 0 fully saturated rings. The van der Waals surface area contributed by atoms with Crippen LogP contribution in [0.2, 0.25) is 0 Å². The van der Waals surface area contributed by atoms with Crippen LogP contribution < -0.4 is 10.9 Å². The third kappa shape index (κ3) is 2.50. The van der Waals surface area contributed by atoms with Gasteiger partial charge in [0.2, 0.25) is 0 Å². The Bertz CT molecular complexity index is 911. The number of aromatic amines is 2. The summed E-state index contributed by atoms with van der Waals surface area (Å²) in [5.41, 5.74) is 13.7. The summed E-state index contributed by atoms with van der Waals surface area (Å²) in [6.07, 6.45) is 6.26. The SMILES string of the molecule is CCc1c[nH]c2cc(NNc3ccc4c(CC)c[nH]c4c3)ccc12. The number of hydrogen-bond donors (Lipinski definition) is 4. The average molecular weight is 318 g/mol. The highest BCUT2D eigenvalue weighted by molar-refractivity contribution is 5.87. The summed E-state index contributed by atoms with van der Waals surface area (Å²) in [6.45, 7) is 4.36. The zero-order chi connectivity index (χ0) is 16.5. The average Bonchev–Trinajstić information content (AvgIpc) is 3.22. The quantitative estimate of drug-likeness (QED) is 0.382.